The fourth-order valence-corrected chi connectivity index (χ4v) is 0.799. The highest BCUT2D eigenvalue weighted by Gasteiger charge is 2.03. The zero-order valence-corrected chi connectivity index (χ0v) is 7.07. The second-order valence-electron chi connectivity index (χ2n) is 2.66. The van der Waals surface area contributed by atoms with Gasteiger partial charge in [0.25, 0.3) is 0 Å². The molecule has 0 amide bonds. The van der Waals surface area contributed by atoms with E-state index >= 15 is 0 Å². The SMILES string of the molecule is CC(C)Nc1nccnc1C#N. The summed E-state index contributed by atoms with van der Waals surface area (Å²) in [6.45, 7) is 3.96. The van der Waals surface area contributed by atoms with Crippen molar-refractivity contribution in [2.45, 2.75) is 19.9 Å². The fourth-order valence-electron chi connectivity index (χ4n) is 0.799. The Balaban J connectivity index is 2.91. The van der Waals surface area contributed by atoms with Crippen LogP contribution in [0.25, 0.3) is 0 Å². The topological polar surface area (TPSA) is 61.6 Å². The van der Waals surface area contributed by atoms with Crippen molar-refractivity contribution in [3.05, 3.63) is 18.1 Å². The second-order valence-corrected chi connectivity index (χ2v) is 2.66. The van der Waals surface area contributed by atoms with Gasteiger partial charge in [-0.15, -0.1) is 0 Å². The Bertz CT molecular complexity index is 300. The summed E-state index contributed by atoms with van der Waals surface area (Å²) in [5.74, 6) is 0.551. The average molecular weight is 162 g/mol. The van der Waals surface area contributed by atoms with Crippen molar-refractivity contribution in [2.75, 3.05) is 5.32 Å². The van der Waals surface area contributed by atoms with E-state index in [-0.39, 0.29) is 6.04 Å². The molecule has 12 heavy (non-hydrogen) atoms. The highest BCUT2D eigenvalue weighted by atomic mass is 15.0. The summed E-state index contributed by atoms with van der Waals surface area (Å²) < 4.78 is 0. The van der Waals surface area contributed by atoms with E-state index in [0.717, 1.165) is 0 Å². The number of anilines is 1. The van der Waals surface area contributed by atoms with Gasteiger partial charge in [-0.05, 0) is 13.8 Å². The van der Waals surface area contributed by atoms with Gasteiger partial charge < -0.3 is 5.32 Å². The minimum absolute atomic E-state index is 0.258. The van der Waals surface area contributed by atoms with Gasteiger partial charge in [0, 0.05) is 18.4 Å². The lowest BCUT2D eigenvalue weighted by atomic mass is 10.3. The first-order valence-electron chi connectivity index (χ1n) is 3.71. The molecule has 4 heteroatoms. The molecule has 0 bridgehead atoms. The number of hydrogen-bond acceptors (Lipinski definition) is 4. The molecular formula is C8H10N4. The van der Waals surface area contributed by atoms with Crippen molar-refractivity contribution in [1.29, 1.82) is 5.26 Å². The summed E-state index contributed by atoms with van der Waals surface area (Å²) in [5, 5.41) is 11.7. The molecule has 62 valence electrons. The van der Waals surface area contributed by atoms with Crippen molar-refractivity contribution in [1.82, 2.24) is 9.97 Å². The summed E-state index contributed by atoms with van der Waals surface area (Å²) in [6.07, 6.45) is 3.07. The maximum atomic E-state index is 8.64. The predicted octanol–water partition coefficient (Wildman–Crippen LogP) is 1.17. The third-order valence-corrected chi connectivity index (χ3v) is 1.23. The largest absolute Gasteiger partial charge is 0.365 e. The van der Waals surface area contributed by atoms with E-state index in [2.05, 4.69) is 15.3 Å². The number of rotatable bonds is 2. The lowest BCUT2D eigenvalue weighted by Gasteiger charge is -2.08. The van der Waals surface area contributed by atoms with Crippen LogP contribution < -0.4 is 5.32 Å². The summed E-state index contributed by atoms with van der Waals surface area (Å²) in [5.41, 5.74) is 0.339. The molecule has 0 fully saturated rings. The van der Waals surface area contributed by atoms with E-state index in [4.69, 9.17) is 5.26 Å². The molecule has 1 aromatic rings. The number of nitrogens with zero attached hydrogens (tertiary/aromatic N) is 3. The zero-order chi connectivity index (χ0) is 8.97. The molecule has 0 radical (unpaired) electrons. The molecule has 1 N–H and O–H groups in total. The predicted molar refractivity (Wildman–Crippen MR) is 45.5 cm³/mol. The van der Waals surface area contributed by atoms with Crippen molar-refractivity contribution in [3.8, 4) is 6.07 Å². The average Bonchev–Trinajstić information content (AvgIpc) is 2.04. The molecule has 1 rings (SSSR count). The van der Waals surface area contributed by atoms with E-state index in [0.29, 0.717) is 11.5 Å². The van der Waals surface area contributed by atoms with Gasteiger partial charge in [0.15, 0.2) is 11.5 Å². The summed E-state index contributed by atoms with van der Waals surface area (Å²) in [4.78, 5) is 7.86. The molecule has 4 nitrogen and oxygen atoms in total. The van der Waals surface area contributed by atoms with Crippen LogP contribution in [0.3, 0.4) is 0 Å². The molecule has 0 spiro atoms. The zero-order valence-electron chi connectivity index (χ0n) is 7.07. The van der Waals surface area contributed by atoms with Crippen LogP contribution in [0.5, 0.6) is 0 Å². The Kier molecular flexibility index (Phi) is 2.59. The highest BCUT2D eigenvalue weighted by molar-refractivity contribution is 5.46. The molecule has 0 saturated carbocycles. The minimum atomic E-state index is 0.258. The van der Waals surface area contributed by atoms with E-state index < -0.39 is 0 Å². The molecule has 0 aliphatic rings. The summed E-state index contributed by atoms with van der Waals surface area (Å²) in [6, 6.07) is 2.22. The second kappa shape index (κ2) is 3.67. The van der Waals surface area contributed by atoms with E-state index in [1.54, 1.807) is 6.20 Å². The van der Waals surface area contributed by atoms with Crippen LogP contribution >= 0.6 is 0 Å². The first kappa shape index (κ1) is 8.47. The normalized spacial score (nSPS) is 9.50. The number of nitrogens with one attached hydrogen (secondary N) is 1. The van der Waals surface area contributed by atoms with E-state index in [9.17, 15) is 0 Å². The lowest BCUT2D eigenvalue weighted by molar-refractivity contribution is 0.883. The van der Waals surface area contributed by atoms with Crippen LogP contribution in [0.2, 0.25) is 0 Å². The molecule has 0 atom stereocenters. The molecule has 0 aliphatic heterocycles. The highest BCUT2D eigenvalue weighted by Crippen LogP contribution is 2.07. The van der Waals surface area contributed by atoms with Crippen LogP contribution in [0.15, 0.2) is 12.4 Å². The maximum Gasteiger partial charge on any atom is 0.182 e. The van der Waals surface area contributed by atoms with Gasteiger partial charge in [-0.25, -0.2) is 9.97 Å². The number of aromatic nitrogens is 2. The van der Waals surface area contributed by atoms with Crippen molar-refractivity contribution < 1.29 is 0 Å². The third-order valence-electron chi connectivity index (χ3n) is 1.23. The van der Waals surface area contributed by atoms with Crippen LogP contribution in [0.4, 0.5) is 5.82 Å². The third kappa shape index (κ3) is 1.92. The lowest BCUT2D eigenvalue weighted by Crippen LogP contribution is -2.12. The van der Waals surface area contributed by atoms with Gasteiger partial charge in [0.2, 0.25) is 0 Å². The molecule has 0 unspecified atom stereocenters. The van der Waals surface area contributed by atoms with Crippen LogP contribution in [0.1, 0.15) is 19.5 Å². The van der Waals surface area contributed by atoms with Gasteiger partial charge in [-0.3, -0.25) is 0 Å². The van der Waals surface area contributed by atoms with Crippen LogP contribution in [-0.4, -0.2) is 16.0 Å². The Labute approximate surface area is 71.3 Å². The Morgan fingerprint density at radius 2 is 2.08 bits per heavy atom. The standard InChI is InChI=1S/C8H10N4/c1-6(2)12-8-7(5-9)10-3-4-11-8/h3-4,6H,1-2H3,(H,11,12). The molecule has 1 aromatic heterocycles. The van der Waals surface area contributed by atoms with Gasteiger partial charge in [0.1, 0.15) is 6.07 Å². The van der Waals surface area contributed by atoms with E-state index in [1.165, 1.54) is 6.20 Å². The van der Waals surface area contributed by atoms with Crippen molar-refractivity contribution in [2.24, 2.45) is 0 Å². The van der Waals surface area contributed by atoms with Gasteiger partial charge in [-0.2, -0.15) is 5.26 Å². The van der Waals surface area contributed by atoms with Crippen LogP contribution in [0, 0.1) is 11.3 Å². The smallest absolute Gasteiger partial charge is 0.182 e. The summed E-state index contributed by atoms with van der Waals surface area (Å²) >= 11 is 0. The Morgan fingerprint density at radius 1 is 1.42 bits per heavy atom. The van der Waals surface area contributed by atoms with Gasteiger partial charge in [-0.1, -0.05) is 0 Å². The fraction of sp³-hybridized carbons (Fsp3) is 0.375. The van der Waals surface area contributed by atoms with Gasteiger partial charge >= 0.3 is 0 Å². The summed E-state index contributed by atoms with van der Waals surface area (Å²) in [7, 11) is 0. The number of nitriles is 1. The first-order valence-corrected chi connectivity index (χ1v) is 3.71. The molecule has 0 aromatic carbocycles. The minimum Gasteiger partial charge on any atom is -0.365 e. The number of hydrogen-bond donors (Lipinski definition) is 1. The molecular weight excluding hydrogens is 152 g/mol. The van der Waals surface area contributed by atoms with Gasteiger partial charge in [0.05, 0.1) is 0 Å². The Hall–Kier alpha value is -1.63. The maximum absolute atomic E-state index is 8.64. The first-order chi connectivity index (χ1) is 5.74. The van der Waals surface area contributed by atoms with E-state index in [1.807, 2.05) is 19.9 Å². The molecule has 1 heterocycles. The molecule has 0 aliphatic carbocycles. The van der Waals surface area contributed by atoms with Crippen molar-refractivity contribution >= 4 is 5.82 Å². The Morgan fingerprint density at radius 3 is 2.67 bits per heavy atom. The quantitative estimate of drug-likeness (QED) is 0.709. The monoisotopic (exact) mass is 162 g/mol. The molecule has 0 saturated heterocycles. The van der Waals surface area contributed by atoms with Crippen LogP contribution in [-0.2, 0) is 0 Å². The van der Waals surface area contributed by atoms with Crippen molar-refractivity contribution in [3.63, 3.8) is 0 Å².